The second kappa shape index (κ2) is 12.9. The van der Waals surface area contributed by atoms with E-state index in [0.717, 1.165) is 12.0 Å². The summed E-state index contributed by atoms with van der Waals surface area (Å²) in [6.07, 6.45) is 2.52. The number of amides is 1. The fourth-order valence-corrected chi connectivity index (χ4v) is 3.78. The number of carbonyl (C=O) groups is 2. The van der Waals surface area contributed by atoms with Crippen molar-refractivity contribution < 1.29 is 23.8 Å². The largest absolute Gasteiger partial charge is 0.493 e. The van der Waals surface area contributed by atoms with Gasteiger partial charge in [-0.3, -0.25) is 4.79 Å². The molecule has 36 heavy (non-hydrogen) atoms. The minimum Gasteiger partial charge on any atom is -0.493 e. The number of hydrogen-bond donors (Lipinski definition) is 1. The first-order valence-electron chi connectivity index (χ1n) is 11.5. The molecule has 0 unspecified atom stereocenters. The molecule has 1 atom stereocenters. The molecule has 3 rings (SSSR count). The third-order valence-electron chi connectivity index (χ3n) is 5.57. The molecule has 0 fully saturated rings. The van der Waals surface area contributed by atoms with E-state index in [1.165, 1.54) is 18.9 Å². The van der Waals surface area contributed by atoms with Crippen LogP contribution in [0.15, 0.2) is 70.2 Å². The van der Waals surface area contributed by atoms with Crippen LogP contribution in [-0.4, -0.2) is 31.8 Å². The van der Waals surface area contributed by atoms with Gasteiger partial charge < -0.3 is 14.2 Å². The summed E-state index contributed by atoms with van der Waals surface area (Å²) in [7, 11) is 1.47. The van der Waals surface area contributed by atoms with E-state index in [4.69, 9.17) is 14.2 Å². The molecule has 3 aromatic rings. The van der Waals surface area contributed by atoms with Crippen molar-refractivity contribution in [3.05, 3.63) is 87.4 Å². The van der Waals surface area contributed by atoms with Gasteiger partial charge in [0.1, 0.15) is 5.75 Å². The van der Waals surface area contributed by atoms with E-state index in [0.29, 0.717) is 33.0 Å². The van der Waals surface area contributed by atoms with Crippen molar-refractivity contribution in [2.45, 2.75) is 33.1 Å². The average Bonchev–Trinajstić information content (AvgIpc) is 2.88. The third kappa shape index (κ3) is 7.42. The van der Waals surface area contributed by atoms with Crippen molar-refractivity contribution in [2.24, 2.45) is 5.10 Å². The molecule has 0 spiro atoms. The van der Waals surface area contributed by atoms with E-state index in [2.05, 4.69) is 40.3 Å². The third-order valence-corrected chi connectivity index (χ3v) is 6.16. The smallest absolute Gasteiger partial charge is 0.343 e. The lowest BCUT2D eigenvalue weighted by Crippen LogP contribution is -2.24. The number of carbonyl (C=O) groups excluding carboxylic acids is 2. The first-order chi connectivity index (χ1) is 17.3. The van der Waals surface area contributed by atoms with Gasteiger partial charge >= 0.3 is 5.97 Å². The molecule has 0 bridgehead atoms. The molecule has 188 valence electrons. The predicted molar refractivity (Wildman–Crippen MR) is 143 cm³/mol. The highest BCUT2D eigenvalue weighted by Crippen LogP contribution is 2.37. The van der Waals surface area contributed by atoms with Crippen molar-refractivity contribution in [1.82, 2.24) is 5.43 Å². The van der Waals surface area contributed by atoms with Gasteiger partial charge in [-0.1, -0.05) is 43.7 Å². The number of halogens is 1. The molecule has 0 aliphatic rings. The molecule has 3 aromatic carbocycles. The highest BCUT2D eigenvalue weighted by molar-refractivity contribution is 9.10. The highest BCUT2D eigenvalue weighted by atomic mass is 79.9. The number of nitrogens with one attached hydrogen (secondary N) is 1. The van der Waals surface area contributed by atoms with Crippen molar-refractivity contribution in [3.8, 4) is 17.2 Å². The van der Waals surface area contributed by atoms with Crippen LogP contribution in [-0.2, 0) is 4.79 Å². The Labute approximate surface area is 219 Å². The lowest BCUT2D eigenvalue weighted by molar-refractivity contribution is -0.123. The zero-order valence-corrected chi connectivity index (χ0v) is 22.3. The molecule has 0 heterocycles. The molecule has 8 heteroatoms. The van der Waals surface area contributed by atoms with Crippen LogP contribution >= 0.6 is 15.9 Å². The fourth-order valence-electron chi connectivity index (χ4n) is 3.24. The molecule has 0 saturated carbocycles. The van der Waals surface area contributed by atoms with E-state index in [1.807, 2.05) is 43.3 Å². The van der Waals surface area contributed by atoms with Gasteiger partial charge in [0.15, 0.2) is 18.1 Å². The first-order valence-corrected chi connectivity index (χ1v) is 12.3. The van der Waals surface area contributed by atoms with Crippen LogP contribution in [0.2, 0.25) is 0 Å². The van der Waals surface area contributed by atoms with Crippen LogP contribution in [0.5, 0.6) is 17.2 Å². The first kappa shape index (κ1) is 26.9. The Balaban J connectivity index is 1.57. The van der Waals surface area contributed by atoms with Gasteiger partial charge in [-0.05, 0) is 82.7 Å². The van der Waals surface area contributed by atoms with Crippen molar-refractivity contribution >= 4 is 34.0 Å². The molecule has 0 aliphatic carbocycles. The molecular weight excluding hydrogens is 524 g/mol. The summed E-state index contributed by atoms with van der Waals surface area (Å²) in [5.74, 6) is 0.776. The number of methoxy groups -OCH3 is 1. The molecule has 0 saturated heterocycles. The number of nitrogens with zero attached hydrogens (tertiary/aromatic N) is 1. The lowest BCUT2D eigenvalue weighted by atomic mass is 9.99. The number of benzene rings is 3. The van der Waals surface area contributed by atoms with Crippen LogP contribution < -0.4 is 19.6 Å². The zero-order chi connectivity index (χ0) is 26.1. The highest BCUT2D eigenvalue weighted by Gasteiger charge is 2.17. The number of hydrazone groups is 1. The Morgan fingerprint density at radius 2 is 1.78 bits per heavy atom. The van der Waals surface area contributed by atoms with Crippen molar-refractivity contribution in [2.75, 3.05) is 13.7 Å². The fraction of sp³-hybridized carbons (Fsp3) is 0.250. The number of rotatable bonds is 10. The molecule has 0 radical (unpaired) electrons. The maximum Gasteiger partial charge on any atom is 0.343 e. The Morgan fingerprint density at radius 3 is 2.42 bits per heavy atom. The van der Waals surface area contributed by atoms with Gasteiger partial charge in [-0.25, -0.2) is 10.2 Å². The monoisotopic (exact) mass is 552 g/mol. The average molecular weight is 553 g/mol. The summed E-state index contributed by atoms with van der Waals surface area (Å²) in [5.41, 5.74) is 5.76. The van der Waals surface area contributed by atoms with Gasteiger partial charge in [-0.15, -0.1) is 0 Å². The van der Waals surface area contributed by atoms with Crippen molar-refractivity contribution in [3.63, 3.8) is 0 Å². The van der Waals surface area contributed by atoms with Crippen LogP contribution in [0.4, 0.5) is 0 Å². The number of hydrogen-bond acceptors (Lipinski definition) is 6. The Hall–Kier alpha value is -3.65. The van der Waals surface area contributed by atoms with Crippen LogP contribution in [0, 0.1) is 6.92 Å². The second-order valence-corrected chi connectivity index (χ2v) is 9.10. The van der Waals surface area contributed by atoms with E-state index in [9.17, 15) is 9.59 Å². The molecule has 7 nitrogen and oxygen atoms in total. The van der Waals surface area contributed by atoms with Gasteiger partial charge in [0.05, 0.1) is 23.4 Å². The summed E-state index contributed by atoms with van der Waals surface area (Å²) in [6.45, 7) is 6.09. The maximum absolute atomic E-state index is 12.5. The van der Waals surface area contributed by atoms with Crippen molar-refractivity contribution in [1.29, 1.82) is 0 Å². The standard InChI is InChI=1S/C28H29BrN2O5/c1-5-19(3)21-10-12-23(13-11-21)35-17-26(32)31-30-16-20-14-24(29)27(25(15-20)34-4)36-28(33)22-8-6-18(2)7-9-22/h6-16,19H,5,17H2,1-4H3,(H,31,32)/b30-16+/t19-/m0/s1. The Bertz CT molecular complexity index is 1220. The quantitative estimate of drug-likeness (QED) is 0.144. The molecular formula is C28H29BrN2O5. The SMILES string of the molecule is CC[C@H](C)c1ccc(OCC(=O)N/N=C/c2cc(Br)c(OC(=O)c3ccc(C)cc3)c(OC)c2)cc1. The predicted octanol–water partition coefficient (Wildman–Crippen LogP) is 6.03. The minimum atomic E-state index is -0.503. The van der Waals surface area contributed by atoms with E-state index < -0.39 is 11.9 Å². The summed E-state index contributed by atoms with van der Waals surface area (Å²) >= 11 is 3.42. The van der Waals surface area contributed by atoms with E-state index in [-0.39, 0.29) is 12.4 Å². The molecule has 0 aromatic heterocycles. The molecule has 0 aliphatic heterocycles. The topological polar surface area (TPSA) is 86.2 Å². The summed E-state index contributed by atoms with van der Waals surface area (Å²) in [5, 5.41) is 3.98. The summed E-state index contributed by atoms with van der Waals surface area (Å²) in [6, 6.07) is 18.2. The number of aryl methyl sites for hydroxylation is 1. The van der Waals surface area contributed by atoms with Crippen LogP contribution in [0.1, 0.15) is 53.2 Å². The van der Waals surface area contributed by atoms with E-state index in [1.54, 1.807) is 24.3 Å². The molecule has 1 N–H and O–H groups in total. The zero-order valence-electron chi connectivity index (χ0n) is 20.7. The molecule has 1 amide bonds. The minimum absolute atomic E-state index is 0.166. The van der Waals surface area contributed by atoms with Crippen LogP contribution in [0.25, 0.3) is 0 Å². The lowest BCUT2D eigenvalue weighted by Gasteiger charge is -2.12. The normalized spacial score (nSPS) is 11.7. The van der Waals surface area contributed by atoms with Gasteiger partial charge in [0.2, 0.25) is 0 Å². The second-order valence-electron chi connectivity index (χ2n) is 8.25. The summed E-state index contributed by atoms with van der Waals surface area (Å²) in [4.78, 5) is 24.6. The van der Waals surface area contributed by atoms with Gasteiger partial charge in [0.25, 0.3) is 5.91 Å². The Kier molecular flexibility index (Phi) is 9.64. The van der Waals surface area contributed by atoms with E-state index >= 15 is 0 Å². The number of ether oxygens (including phenoxy) is 3. The number of esters is 1. The summed E-state index contributed by atoms with van der Waals surface area (Å²) < 4.78 is 17.0. The maximum atomic E-state index is 12.5. The van der Waals surface area contributed by atoms with Crippen LogP contribution in [0.3, 0.4) is 0 Å². The van der Waals surface area contributed by atoms with Gasteiger partial charge in [-0.2, -0.15) is 5.10 Å². The van der Waals surface area contributed by atoms with Gasteiger partial charge in [0, 0.05) is 0 Å². The Morgan fingerprint density at radius 1 is 1.08 bits per heavy atom.